The molecule has 0 unspecified atom stereocenters. The normalized spacial score (nSPS) is 14.4. The smallest absolute Gasteiger partial charge is 0.243 e. The molecule has 0 spiro atoms. The molecule has 0 atom stereocenters. The van der Waals surface area contributed by atoms with Gasteiger partial charge in [0.1, 0.15) is 11.6 Å². The maximum atomic E-state index is 13.3. The van der Waals surface area contributed by atoms with Crippen molar-refractivity contribution in [3.8, 4) is 0 Å². The largest absolute Gasteiger partial charge is 0.314 e. The summed E-state index contributed by atoms with van der Waals surface area (Å²) in [6, 6.07) is 0. The van der Waals surface area contributed by atoms with Crippen LogP contribution in [-0.2, 0) is 29.5 Å². The molecule has 0 saturated carbocycles. The van der Waals surface area contributed by atoms with Gasteiger partial charge in [-0.15, -0.1) is 10.2 Å². The molecule has 6 nitrogen and oxygen atoms in total. The Morgan fingerprint density at radius 1 is 0.960 bits per heavy atom. The Balaban J connectivity index is 2.02. The molecule has 0 saturated heterocycles. The van der Waals surface area contributed by atoms with Gasteiger partial charge in [-0.1, -0.05) is 0 Å². The summed E-state index contributed by atoms with van der Waals surface area (Å²) in [5.41, 5.74) is 4.90. The lowest BCUT2D eigenvalue weighted by Crippen LogP contribution is -2.29. The standard InChI is InChI=1S/C18H26N4O2S/c1-11-12(2)14(4)18(15(5)13(11)3)25(23,24)21(6)10-17-20-19-16-8-7-9-22(16)17/h7-10H2,1-6H3. The molecule has 3 rings (SSSR count). The van der Waals surface area contributed by atoms with Crippen LogP contribution in [0.3, 0.4) is 0 Å². The molecule has 7 heteroatoms. The van der Waals surface area contributed by atoms with Gasteiger partial charge in [0.15, 0.2) is 0 Å². The summed E-state index contributed by atoms with van der Waals surface area (Å²) in [6.07, 6.45) is 1.96. The molecule has 1 aliphatic rings. The van der Waals surface area contributed by atoms with Gasteiger partial charge in [-0.25, -0.2) is 8.42 Å². The first-order chi connectivity index (χ1) is 11.7. The zero-order chi connectivity index (χ0) is 18.5. The third-order valence-corrected chi connectivity index (χ3v) is 7.73. The van der Waals surface area contributed by atoms with E-state index >= 15 is 0 Å². The molecule has 25 heavy (non-hydrogen) atoms. The van der Waals surface area contributed by atoms with Crippen molar-refractivity contribution in [3.05, 3.63) is 39.5 Å². The van der Waals surface area contributed by atoms with Crippen LogP contribution in [-0.4, -0.2) is 34.5 Å². The molecule has 0 amide bonds. The minimum Gasteiger partial charge on any atom is -0.314 e. The Morgan fingerprint density at radius 3 is 2.12 bits per heavy atom. The Labute approximate surface area is 149 Å². The minimum atomic E-state index is -3.60. The summed E-state index contributed by atoms with van der Waals surface area (Å²) in [4.78, 5) is 0.428. The quantitative estimate of drug-likeness (QED) is 0.838. The number of aromatic nitrogens is 3. The molecule has 0 fully saturated rings. The monoisotopic (exact) mass is 362 g/mol. The maximum absolute atomic E-state index is 13.3. The molecular weight excluding hydrogens is 336 g/mol. The van der Waals surface area contributed by atoms with E-state index in [4.69, 9.17) is 0 Å². The molecule has 0 bridgehead atoms. The van der Waals surface area contributed by atoms with Crippen LogP contribution in [0.25, 0.3) is 0 Å². The van der Waals surface area contributed by atoms with Crippen molar-refractivity contribution in [1.82, 2.24) is 19.1 Å². The molecule has 0 radical (unpaired) electrons. The third-order valence-electron chi connectivity index (χ3n) is 5.65. The Morgan fingerprint density at radius 2 is 1.52 bits per heavy atom. The number of hydrogen-bond acceptors (Lipinski definition) is 4. The van der Waals surface area contributed by atoms with Crippen LogP contribution < -0.4 is 0 Å². The van der Waals surface area contributed by atoms with E-state index in [1.165, 1.54) is 4.31 Å². The highest BCUT2D eigenvalue weighted by Crippen LogP contribution is 2.31. The first-order valence-electron chi connectivity index (χ1n) is 8.60. The summed E-state index contributed by atoms with van der Waals surface area (Å²) in [7, 11) is -1.98. The van der Waals surface area contributed by atoms with E-state index in [1.807, 2.05) is 39.2 Å². The van der Waals surface area contributed by atoms with E-state index in [1.54, 1.807) is 7.05 Å². The van der Waals surface area contributed by atoms with Gasteiger partial charge in [0.05, 0.1) is 11.4 Å². The van der Waals surface area contributed by atoms with Crippen molar-refractivity contribution in [1.29, 1.82) is 0 Å². The van der Waals surface area contributed by atoms with E-state index in [-0.39, 0.29) is 6.54 Å². The summed E-state index contributed by atoms with van der Waals surface area (Å²) in [5, 5.41) is 8.36. The average molecular weight is 362 g/mol. The second kappa shape index (κ2) is 6.21. The Bertz CT molecular complexity index is 915. The SMILES string of the molecule is Cc1c(C)c(C)c(S(=O)(=O)N(C)Cc2nnc3n2CCC3)c(C)c1C. The number of sulfonamides is 1. The van der Waals surface area contributed by atoms with Crippen molar-refractivity contribution in [2.24, 2.45) is 0 Å². The number of hydrogen-bond donors (Lipinski definition) is 0. The zero-order valence-corrected chi connectivity index (χ0v) is 16.7. The maximum Gasteiger partial charge on any atom is 0.243 e. The van der Waals surface area contributed by atoms with Gasteiger partial charge in [-0.2, -0.15) is 4.31 Å². The van der Waals surface area contributed by atoms with Crippen LogP contribution >= 0.6 is 0 Å². The number of fused-ring (bicyclic) bond motifs is 1. The van der Waals surface area contributed by atoms with Crippen LogP contribution in [0.5, 0.6) is 0 Å². The van der Waals surface area contributed by atoms with Gasteiger partial charge in [-0.3, -0.25) is 0 Å². The predicted molar refractivity (Wildman–Crippen MR) is 97.1 cm³/mol. The molecule has 1 aliphatic heterocycles. The van der Waals surface area contributed by atoms with Crippen LogP contribution in [0, 0.1) is 34.6 Å². The number of nitrogens with zero attached hydrogens (tertiary/aromatic N) is 4. The fraction of sp³-hybridized carbons (Fsp3) is 0.556. The highest BCUT2D eigenvalue weighted by Gasteiger charge is 2.29. The van der Waals surface area contributed by atoms with Crippen molar-refractivity contribution < 1.29 is 8.42 Å². The Kier molecular flexibility index (Phi) is 4.49. The lowest BCUT2D eigenvalue weighted by molar-refractivity contribution is 0.446. The summed E-state index contributed by atoms with van der Waals surface area (Å²) in [5.74, 6) is 1.67. The van der Waals surface area contributed by atoms with Crippen LogP contribution in [0.4, 0.5) is 0 Å². The van der Waals surface area contributed by atoms with Gasteiger partial charge in [0, 0.05) is 20.0 Å². The highest BCUT2D eigenvalue weighted by atomic mass is 32.2. The highest BCUT2D eigenvalue weighted by molar-refractivity contribution is 7.89. The lowest BCUT2D eigenvalue weighted by atomic mass is 9.95. The molecule has 1 aromatic heterocycles. The molecule has 0 aliphatic carbocycles. The van der Waals surface area contributed by atoms with E-state index < -0.39 is 10.0 Å². The first kappa shape index (κ1) is 18.1. The zero-order valence-electron chi connectivity index (χ0n) is 15.8. The van der Waals surface area contributed by atoms with E-state index in [0.717, 1.165) is 58.9 Å². The fourth-order valence-corrected chi connectivity index (χ4v) is 5.30. The molecule has 136 valence electrons. The summed E-state index contributed by atoms with van der Waals surface area (Å²) >= 11 is 0. The summed E-state index contributed by atoms with van der Waals surface area (Å²) in [6.45, 7) is 10.9. The van der Waals surface area contributed by atoms with Crippen molar-refractivity contribution in [2.75, 3.05) is 7.05 Å². The number of benzene rings is 1. The fourth-order valence-electron chi connectivity index (χ4n) is 3.62. The second-order valence-electron chi connectivity index (χ2n) is 7.00. The van der Waals surface area contributed by atoms with Gasteiger partial charge in [0.25, 0.3) is 0 Å². The van der Waals surface area contributed by atoms with Crippen molar-refractivity contribution in [3.63, 3.8) is 0 Å². The van der Waals surface area contributed by atoms with Gasteiger partial charge in [0.2, 0.25) is 10.0 Å². The van der Waals surface area contributed by atoms with Crippen LogP contribution in [0.15, 0.2) is 4.90 Å². The predicted octanol–water partition coefficient (Wildman–Crippen LogP) is 2.59. The topological polar surface area (TPSA) is 68.1 Å². The second-order valence-corrected chi connectivity index (χ2v) is 8.98. The van der Waals surface area contributed by atoms with Gasteiger partial charge < -0.3 is 4.57 Å². The molecule has 0 N–H and O–H groups in total. The van der Waals surface area contributed by atoms with Crippen molar-refractivity contribution in [2.45, 2.75) is 65.4 Å². The minimum absolute atomic E-state index is 0.236. The van der Waals surface area contributed by atoms with Crippen LogP contribution in [0.1, 0.15) is 45.9 Å². The van der Waals surface area contributed by atoms with E-state index in [0.29, 0.717) is 4.90 Å². The van der Waals surface area contributed by atoms with E-state index in [9.17, 15) is 8.42 Å². The molecular formula is C18H26N4O2S. The summed E-state index contributed by atoms with van der Waals surface area (Å²) < 4.78 is 30.0. The van der Waals surface area contributed by atoms with Crippen LogP contribution in [0.2, 0.25) is 0 Å². The lowest BCUT2D eigenvalue weighted by Gasteiger charge is -2.23. The van der Waals surface area contributed by atoms with Gasteiger partial charge >= 0.3 is 0 Å². The third kappa shape index (κ3) is 2.79. The molecule has 2 heterocycles. The van der Waals surface area contributed by atoms with E-state index in [2.05, 4.69) is 10.2 Å². The Hall–Kier alpha value is -1.73. The molecule has 1 aromatic carbocycles. The van der Waals surface area contributed by atoms with Crippen molar-refractivity contribution >= 4 is 10.0 Å². The van der Waals surface area contributed by atoms with Gasteiger partial charge in [-0.05, 0) is 68.9 Å². The number of aryl methyl sites for hydroxylation is 1. The number of rotatable bonds is 4. The average Bonchev–Trinajstić information content (AvgIpc) is 3.16. The first-order valence-corrected chi connectivity index (χ1v) is 10.0. The molecule has 2 aromatic rings.